The van der Waals surface area contributed by atoms with Gasteiger partial charge in [-0.25, -0.2) is 8.42 Å². The lowest BCUT2D eigenvalue weighted by atomic mass is 10.1. The van der Waals surface area contributed by atoms with Crippen LogP contribution in [-0.2, 0) is 23.5 Å². The highest BCUT2D eigenvalue weighted by Crippen LogP contribution is 2.28. The fourth-order valence-electron chi connectivity index (χ4n) is 3.71. The second-order valence-electron chi connectivity index (χ2n) is 7.90. The fourth-order valence-corrected chi connectivity index (χ4v) is 5.81. The minimum Gasteiger partial charge on any atom is -0.493 e. The van der Waals surface area contributed by atoms with Crippen molar-refractivity contribution < 1.29 is 22.7 Å². The number of benzene rings is 3. The van der Waals surface area contributed by atoms with Gasteiger partial charge in [-0.3, -0.25) is 14.3 Å². The van der Waals surface area contributed by atoms with Gasteiger partial charge in [0.1, 0.15) is 0 Å². The number of carbonyl (C=O) groups is 1. The first kappa shape index (κ1) is 25.3. The lowest BCUT2D eigenvalue weighted by Crippen LogP contribution is -2.27. The minimum absolute atomic E-state index is 0.000476. The SMILES string of the molecule is COc1ccc(CCNC(=O)c2ccccc2NS(=O)(=O)c2ccc3c(c2)sc(=O)n3C)cc1OC. The third kappa shape index (κ3) is 5.21. The van der Waals surface area contributed by atoms with E-state index in [9.17, 15) is 18.0 Å². The first-order valence-electron chi connectivity index (χ1n) is 10.9. The highest BCUT2D eigenvalue weighted by atomic mass is 32.2. The van der Waals surface area contributed by atoms with Crippen LogP contribution in [0.3, 0.4) is 0 Å². The zero-order chi connectivity index (χ0) is 25.9. The third-order valence-electron chi connectivity index (χ3n) is 5.64. The Hall–Kier alpha value is -3.83. The highest BCUT2D eigenvalue weighted by molar-refractivity contribution is 7.92. The van der Waals surface area contributed by atoms with Crippen molar-refractivity contribution in [2.75, 3.05) is 25.5 Å². The van der Waals surface area contributed by atoms with Gasteiger partial charge in [-0.05, 0) is 54.4 Å². The number of carbonyl (C=O) groups excluding carboxylic acids is 1. The second-order valence-corrected chi connectivity index (χ2v) is 10.6. The number of hydrogen-bond acceptors (Lipinski definition) is 7. The molecule has 4 aromatic rings. The molecule has 3 aromatic carbocycles. The average Bonchev–Trinajstić information content (AvgIpc) is 3.16. The van der Waals surface area contributed by atoms with Gasteiger partial charge in [-0.15, -0.1) is 0 Å². The molecule has 188 valence electrons. The molecular formula is C25H25N3O6S2. The lowest BCUT2D eigenvalue weighted by molar-refractivity contribution is 0.0955. The molecule has 0 saturated heterocycles. The van der Waals surface area contributed by atoms with Crippen LogP contribution in [0.2, 0.25) is 0 Å². The molecule has 0 aliphatic heterocycles. The van der Waals surface area contributed by atoms with Crippen molar-refractivity contribution in [3.63, 3.8) is 0 Å². The predicted molar refractivity (Wildman–Crippen MR) is 140 cm³/mol. The predicted octanol–water partition coefficient (Wildman–Crippen LogP) is 3.39. The molecule has 0 saturated carbocycles. The van der Waals surface area contributed by atoms with Gasteiger partial charge in [0.15, 0.2) is 11.5 Å². The molecule has 11 heteroatoms. The zero-order valence-electron chi connectivity index (χ0n) is 19.9. The maximum Gasteiger partial charge on any atom is 0.307 e. The van der Waals surface area contributed by atoms with Crippen molar-refractivity contribution in [3.05, 3.63) is 81.5 Å². The van der Waals surface area contributed by atoms with Crippen molar-refractivity contribution in [2.45, 2.75) is 11.3 Å². The number of sulfonamides is 1. The van der Waals surface area contributed by atoms with Crippen LogP contribution >= 0.6 is 11.3 Å². The van der Waals surface area contributed by atoms with Crippen molar-refractivity contribution in [2.24, 2.45) is 7.05 Å². The van der Waals surface area contributed by atoms with Crippen LogP contribution in [-0.4, -0.2) is 39.7 Å². The molecule has 9 nitrogen and oxygen atoms in total. The number of aromatic nitrogens is 1. The van der Waals surface area contributed by atoms with Crippen LogP contribution in [0.15, 0.2) is 70.4 Å². The van der Waals surface area contributed by atoms with E-state index in [0.29, 0.717) is 34.7 Å². The second kappa shape index (κ2) is 10.4. The Morgan fingerprint density at radius 2 is 1.75 bits per heavy atom. The smallest absolute Gasteiger partial charge is 0.307 e. The summed E-state index contributed by atoms with van der Waals surface area (Å²) in [6.07, 6.45) is 0.542. The Balaban J connectivity index is 1.48. The number of amides is 1. The van der Waals surface area contributed by atoms with Crippen LogP contribution in [0.4, 0.5) is 5.69 Å². The Bertz CT molecular complexity index is 1590. The molecule has 0 spiro atoms. The van der Waals surface area contributed by atoms with Crippen molar-refractivity contribution in [1.29, 1.82) is 0 Å². The maximum absolute atomic E-state index is 13.1. The molecule has 0 unspecified atom stereocenters. The quantitative estimate of drug-likeness (QED) is 0.345. The number of thiazole rings is 1. The van der Waals surface area contributed by atoms with E-state index in [1.807, 2.05) is 12.1 Å². The number of para-hydroxylation sites is 1. The summed E-state index contributed by atoms with van der Waals surface area (Å²) < 4.78 is 41.2. The van der Waals surface area contributed by atoms with Crippen molar-refractivity contribution in [1.82, 2.24) is 9.88 Å². The lowest BCUT2D eigenvalue weighted by Gasteiger charge is -2.13. The normalized spacial score (nSPS) is 11.3. The molecular weight excluding hydrogens is 502 g/mol. The molecule has 0 aliphatic carbocycles. The number of ether oxygens (including phenoxy) is 2. The summed E-state index contributed by atoms with van der Waals surface area (Å²) in [6.45, 7) is 0.332. The molecule has 0 fully saturated rings. The Morgan fingerprint density at radius 1 is 1.00 bits per heavy atom. The van der Waals surface area contributed by atoms with E-state index in [-0.39, 0.29) is 21.0 Å². The standard InChI is InChI=1S/C25H25N3O6S2/c1-28-20-10-9-17(15-23(20)35-25(28)30)36(31,32)27-19-7-5-4-6-18(19)24(29)26-13-12-16-8-11-21(33-2)22(14-16)34-3/h4-11,14-15,27H,12-13H2,1-3H3,(H,26,29). The Morgan fingerprint density at radius 3 is 2.50 bits per heavy atom. The van der Waals surface area contributed by atoms with Gasteiger partial charge in [0.25, 0.3) is 15.9 Å². The van der Waals surface area contributed by atoms with Crippen LogP contribution in [0.5, 0.6) is 11.5 Å². The third-order valence-corrected chi connectivity index (χ3v) is 8.00. The molecule has 0 radical (unpaired) electrons. The van der Waals surface area contributed by atoms with Gasteiger partial charge in [-0.2, -0.15) is 0 Å². The first-order valence-corrected chi connectivity index (χ1v) is 13.2. The number of aryl methyl sites for hydroxylation is 1. The summed E-state index contributed by atoms with van der Waals surface area (Å²) in [7, 11) is 0.748. The van der Waals surface area contributed by atoms with Crippen LogP contribution in [0.25, 0.3) is 10.2 Å². The molecule has 0 bridgehead atoms. The topological polar surface area (TPSA) is 116 Å². The number of fused-ring (bicyclic) bond motifs is 1. The molecule has 36 heavy (non-hydrogen) atoms. The van der Waals surface area contributed by atoms with E-state index in [1.165, 1.54) is 22.8 Å². The van der Waals surface area contributed by atoms with Crippen LogP contribution in [0.1, 0.15) is 15.9 Å². The summed E-state index contributed by atoms with van der Waals surface area (Å²) in [5, 5.41) is 2.83. The fraction of sp³-hybridized carbons (Fsp3) is 0.200. The van der Waals surface area contributed by atoms with Gasteiger partial charge in [-0.1, -0.05) is 29.5 Å². The summed E-state index contributed by atoms with van der Waals surface area (Å²) in [6, 6.07) is 16.4. The van der Waals surface area contributed by atoms with Gasteiger partial charge in [0.2, 0.25) is 0 Å². The number of hydrogen-bond donors (Lipinski definition) is 2. The molecule has 1 aromatic heterocycles. The number of methoxy groups -OCH3 is 2. The van der Waals surface area contributed by atoms with Gasteiger partial charge in [0, 0.05) is 13.6 Å². The summed E-state index contributed by atoms with van der Waals surface area (Å²) in [5.74, 6) is 0.805. The number of anilines is 1. The van der Waals surface area contributed by atoms with E-state index in [2.05, 4.69) is 10.0 Å². The van der Waals surface area contributed by atoms with Crippen LogP contribution in [0, 0.1) is 0 Å². The van der Waals surface area contributed by atoms with E-state index < -0.39 is 15.9 Å². The van der Waals surface area contributed by atoms with E-state index in [1.54, 1.807) is 51.6 Å². The molecule has 0 atom stereocenters. The molecule has 4 rings (SSSR count). The highest BCUT2D eigenvalue weighted by Gasteiger charge is 2.20. The Kier molecular flexibility index (Phi) is 7.32. The summed E-state index contributed by atoms with van der Waals surface area (Å²) >= 11 is 0.971. The number of nitrogens with one attached hydrogen (secondary N) is 2. The van der Waals surface area contributed by atoms with Gasteiger partial charge >= 0.3 is 4.87 Å². The van der Waals surface area contributed by atoms with Gasteiger partial charge in [0.05, 0.1) is 40.6 Å². The molecule has 0 aliphatic rings. The maximum atomic E-state index is 13.1. The monoisotopic (exact) mass is 527 g/mol. The summed E-state index contributed by atoms with van der Waals surface area (Å²) in [4.78, 5) is 24.6. The van der Waals surface area contributed by atoms with E-state index in [4.69, 9.17) is 9.47 Å². The Labute approximate surface area is 212 Å². The van der Waals surface area contributed by atoms with E-state index in [0.717, 1.165) is 16.9 Å². The zero-order valence-corrected chi connectivity index (χ0v) is 21.5. The first-order chi connectivity index (χ1) is 17.2. The largest absolute Gasteiger partial charge is 0.493 e. The number of rotatable bonds is 9. The van der Waals surface area contributed by atoms with Crippen molar-refractivity contribution >= 4 is 43.2 Å². The van der Waals surface area contributed by atoms with Gasteiger partial charge < -0.3 is 19.4 Å². The minimum atomic E-state index is -4.00. The van der Waals surface area contributed by atoms with Crippen LogP contribution < -0.4 is 24.4 Å². The average molecular weight is 528 g/mol. The van der Waals surface area contributed by atoms with E-state index >= 15 is 0 Å². The molecule has 2 N–H and O–H groups in total. The summed E-state index contributed by atoms with van der Waals surface area (Å²) in [5.41, 5.74) is 1.94. The van der Waals surface area contributed by atoms with Crippen molar-refractivity contribution in [3.8, 4) is 11.5 Å². The molecule has 1 heterocycles. The molecule has 1 amide bonds. The number of nitrogens with zero attached hydrogens (tertiary/aromatic N) is 1.